The zero-order valence-corrected chi connectivity index (χ0v) is 18.1. The predicted molar refractivity (Wildman–Crippen MR) is 114 cm³/mol. The van der Waals surface area contributed by atoms with Crippen LogP contribution in [0.2, 0.25) is 0 Å². The number of methoxy groups -OCH3 is 1. The molecule has 174 valence electrons. The molecule has 0 aliphatic carbocycles. The van der Waals surface area contributed by atoms with Gasteiger partial charge in [-0.25, -0.2) is 4.79 Å². The molecule has 2 saturated heterocycles. The molecule has 3 rings (SSSR count). The van der Waals surface area contributed by atoms with E-state index < -0.39 is 24.1 Å². The number of β-amino-alcohol motifs (C(OH)–C–C–N with tert-alkyl or cyclic N) is 1. The minimum atomic E-state index is -1.11. The van der Waals surface area contributed by atoms with Crippen molar-refractivity contribution < 1.29 is 33.7 Å². The maximum absolute atomic E-state index is 12.6. The zero-order chi connectivity index (χ0) is 23.1. The van der Waals surface area contributed by atoms with Crippen molar-refractivity contribution in [3.63, 3.8) is 0 Å². The van der Waals surface area contributed by atoms with Crippen molar-refractivity contribution in [2.75, 3.05) is 46.6 Å². The molecule has 0 aromatic heterocycles. The van der Waals surface area contributed by atoms with Crippen LogP contribution in [0.3, 0.4) is 0 Å². The molecule has 2 aliphatic rings. The van der Waals surface area contributed by atoms with Gasteiger partial charge in [0, 0.05) is 13.1 Å². The number of ether oxygens (including phenoxy) is 3. The maximum Gasteiger partial charge on any atom is 0.324 e. The summed E-state index contributed by atoms with van der Waals surface area (Å²) in [6.45, 7) is 5.15. The molecular formula is C22H29N3O7. The molecule has 10 nitrogen and oxygen atoms in total. The third-order valence-electron chi connectivity index (χ3n) is 5.28. The van der Waals surface area contributed by atoms with Gasteiger partial charge >= 0.3 is 6.03 Å². The van der Waals surface area contributed by atoms with E-state index in [-0.39, 0.29) is 25.5 Å². The Morgan fingerprint density at radius 1 is 1.34 bits per heavy atom. The predicted octanol–water partition coefficient (Wildman–Crippen LogP) is 0.333. The van der Waals surface area contributed by atoms with E-state index in [4.69, 9.17) is 14.2 Å². The number of imide groups is 1. The number of urea groups is 1. The molecule has 2 fully saturated rings. The standard InChI is InChI=1S/C22H29N3O7/c1-3-4-15-5-6-18(19(11-15)30-2)32-14-16(26)13-25-21(28)17(23-22(25)29)12-20(27)24-7-9-31-10-8-24/h3,5-6,11,16-17,26H,1,4,7-10,12-14H2,2H3,(H,23,29)/t16-,17-/m0/s1. The minimum Gasteiger partial charge on any atom is -0.493 e. The third kappa shape index (κ3) is 5.77. The first-order valence-corrected chi connectivity index (χ1v) is 10.5. The van der Waals surface area contributed by atoms with Gasteiger partial charge in [-0.2, -0.15) is 0 Å². The van der Waals surface area contributed by atoms with Gasteiger partial charge in [0.25, 0.3) is 5.91 Å². The number of rotatable bonds is 10. The van der Waals surface area contributed by atoms with Gasteiger partial charge in [-0.1, -0.05) is 12.1 Å². The number of carbonyl (C=O) groups is 3. The Hall–Kier alpha value is -3.11. The summed E-state index contributed by atoms with van der Waals surface area (Å²) in [5.41, 5.74) is 1.00. The average molecular weight is 447 g/mol. The number of carbonyl (C=O) groups excluding carboxylic acids is 3. The summed E-state index contributed by atoms with van der Waals surface area (Å²) in [5.74, 6) is 0.186. The molecule has 0 bridgehead atoms. The fraction of sp³-hybridized carbons (Fsp3) is 0.500. The Bertz CT molecular complexity index is 854. The number of hydrogen-bond acceptors (Lipinski definition) is 7. The molecule has 2 N–H and O–H groups in total. The van der Waals surface area contributed by atoms with Crippen molar-refractivity contribution in [3.8, 4) is 11.5 Å². The SMILES string of the molecule is C=CCc1ccc(OC[C@@H](O)CN2C(=O)N[C@@H](CC(=O)N3CCOCC3)C2=O)c(OC)c1. The molecule has 32 heavy (non-hydrogen) atoms. The number of nitrogens with zero attached hydrogens (tertiary/aromatic N) is 2. The van der Waals surface area contributed by atoms with E-state index in [0.717, 1.165) is 10.5 Å². The van der Waals surface area contributed by atoms with Gasteiger partial charge in [-0.3, -0.25) is 14.5 Å². The van der Waals surface area contributed by atoms with Gasteiger partial charge in [-0.05, 0) is 24.1 Å². The molecular weight excluding hydrogens is 418 g/mol. The number of nitrogens with one attached hydrogen (secondary N) is 1. The molecule has 10 heteroatoms. The second-order valence-electron chi connectivity index (χ2n) is 7.59. The summed E-state index contributed by atoms with van der Waals surface area (Å²) in [5, 5.41) is 12.9. The van der Waals surface area contributed by atoms with Crippen molar-refractivity contribution in [1.82, 2.24) is 15.1 Å². The lowest BCUT2D eigenvalue weighted by atomic mass is 10.1. The first-order valence-electron chi connectivity index (χ1n) is 10.5. The van der Waals surface area contributed by atoms with Gasteiger partial charge in [0.1, 0.15) is 18.8 Å². The minimum absolute atomic E-state index is 0.123. The van der Waals surface area contributed by atoms with Gasteiger partial charge in [0.2, 0.25) is 5.91 Å². The highest BCUT2D eigenvalue weighted by molar-refractivity contribution is 6.05. The highest BCUT2D eigenvalue weighted by atomic mass is 16.5. The largest absolute Gasteiger partial charge is 0.493 e. The van der Waals surface area contributed by atoms with E-state index in [0.29, 0.717) is 44.2 Å². The first kappa shape index (κ1) is 23.6. The Labute approximate surface area is 186 Å². The van der Waals surface area contributed by atoms with Crippen LogP contribution in [0.1, 0.15) is 12.0 Å². The van der Waals surface area contributed by atoms with Crippen LogP contribution in [0.25, 0.3) is 0 Å². The van der Waals surface area contributed by atoms with Crippen LogP contribution in [0, 0.1) is 0 Å². The quantitative estimate of drug-likeness (QED) is 0.392. The number of morpholine rings is 1. The van der Waals surface area contributed by atoms with Crippen molar-refractivity contribution in [1.29, 1.82) is 0 Å². The zero-order valence-electron chi connectivity index (χ0n) is 18.1. The van der Waals surface area contributed by atoms with Crippen LogP contribution < -0.4 is 14.8 Å². The summed E-state index contributed by atoms with van der Waals surface area (Å²) in [6.07, 6.45) is 1.22. The Morgan fingerprint density at radius 2 is 2.09 bits per heavy atom. The van der Waals surface area contributed by atoms with Gasteiger partial charge < -0.3 is 29.5 Å². The summed E-state index contributed by atoms with van der Waals surface area (Å²) < 4.78 is 16.2. The van der Waals surface area contributed by atoms with Crippen molar-refractivity contribution in [2.24, 2.45) is 0 Å². The van der Waals surface area contributed by atoms with Crippen molar-refractivity contribution >= 4 is 17.8 Å². The Morgan fingerprint density at radius 3 is 2.78 bits per heavy atom. The molecule has 4 amide bonds. The molecule has 2 atom stereocenters. The maximum atomic E-state index is 12.6. The molecule has 2 aliphatic heterocycles. The summed E-state index contributed by atoms with van der Waals surface area (Å²) in [4.78, 5) is 39.7. The number of hydrogen-bond donors (Lipinski definition) is 2. The molecule has 0 unspecified atom stereocenters. The molecule has 1 aromatic carbocycles. The van der Waals surface area contributed by atoms with Crippen LogP contribution in [-0.4, -0.2) is 91.5 Å². The van der Waals surface area contributed by atoms with Gasteiger partial charge in [0.15, 0.2) is 11.5 Å². The highest BCUT2D eigenvalue weighted by Crippen LogP contribution is 2.28. The van der Waals surface area contributed by atoms with E-state index in [1.807, 2.05) is 12.1 Å². The third-order valence-corrected chi connectivity index (χ3v) is 5.28. The van der Waals surface area contributed by atoms with E-state index in [1.165, 1.54) is 7.11 Å². The van der Waals surface area contributed by atoms with Crippen LogP contribution in [0.4, 0.5) is 4.79 Å². The molecule has 1 aromatic rings. The fourth-order valence-corrected chi connectivity index (χ4v) is 3.58. The summed E-state index contributed by atoms with van der Waals surface area (Å²) in [7, 11) is 1.52. The first-order chi connectivity index (χ1) is 15.4. The average Bonchev–Trinajstić information content (AvgIpc) is 3.06. The van der Waals surface area contributed by atoms with Crippen LogP contribution in [0.15, 0.2) is 30.9 Å². The van der Waals surface area contributed by atoms with Crippen LogP contribution >= 0.6 is 0 Å². The lowest BCUT2D eigenvalue weighted by Gasteiger charge is -2.27. The van der Waals surface area contributed by atoms with Crippen molar-refractivity contribution in [2.45, 2.75) is 25.0 Å². The molecule has 0 radical (unpaired) electrons. The lowest BCUT2D eigenvalue weighted by molar-refractivity contribution is -0.138. The van der Waals surface area contributed by atoms with Gasteiger partial charge in [0.05, 0.1) is 33.3 Å². The second kappa shape index (κ2) is 11.0. The molecule has 0 spiro atoms. The van der Waals surface area contributed by atoms with Crippen molar-refractivity contribution in [3.05, 3.63) is 36.4 Å². The van der Waals surface area contributed by atoms with E-state index in [1.54, 1.807) is 17.0 Å². The van der Waals surface area contributed by atoms with E-state index in [9.17, 15) is 19.5 Å². The number of allylic oxidation sites excluding steroid dienone is 1. The monoisotopic (exact) mass is 447 g/mol. The number of aliphatic hydroxyl groups is 1. The topological polar surface area (TPSA) is 118 Å². The molecule has 0 saturated carbocycles. The number of amides is 4. The van der Waals surface area contributed by atoms with E-state index in [2.05, 4.69) is 11.9 Å². The molecule has 2 heterocycles. The number of aliphatic hydroxyl groups excluding tert-OH is 1. The van der Waals surface area contributed by atoms with Crippen LogP contribution in [-0.2, 0) is 20.7 Å². The fourth-order valence-electron chi connectivity index (χ4n) is 3.58. The Balaban J connectivity index is 1.52. The summed E-state index contributed by atoms with van der Waals surface area (Å²) in [6, 6.07) is 3.82. The second-order valence-corrected chi connectivity index (χ2v) is 7.59. The lowest BCUT2D eigenvalue weighted by Crippen LogP contribution is -2.44. The number of benzene rings is 1. The van der Waals surface area contributed by atoms with E-state index >= 15 is 0 Å². The highest BCUT2D eigenvalue weighted by Gasteiger charge is 2.40. The van der Waals surface area contributed by atoms with Crippen LogP contribution in [0.5, 0.6) is 11.5 Å². The summed E-state index contributed by atoms with van der Waals surface area (Å²) >= 11 is 0. The van der Waals surface area contributed by atoms with Gasteiger partial charge in [-0.15, -0.1) is 6.58 Å². The smallest absolute Gasteiger partial charge is 0.324 e. The Kier molecular flexibility index (Phi) is 8.07. The normalized spacial score (nSPS) is 19.5.